The minimum absolute atomic E-state index is 0.0223. The van der Waals surface area contributed by atoms with E-state index in [4.69, 9.17) is 9.90 Å². The van der Waals surface area contributed by atoms with Crippen molar-refractivity contribution in [1.82, 2.24) is 19.7 Å². The zero-order chi connectivity index (χ0) is 21.1. The molecular formula is C17H23F3N4O4. The van der Waals surface area contributed by atoms with Gasteiger partial charge in [-0.2, -0.15) is 13.2 Å². The summed E-state index contributed by atoms with van der Waals surface area (Å²) in [6.07, 6.45) is -1.91. The third kappa shape index (κ3) is 4.46. The standard InChI is InChI=1S/C15H22N4O2.C2HF3O2/c1-17-10-11-18(2)15(14(17)21)5-8-19(9-6-15)13(20)12-4-3-7-16-12;3-2(4,5)1(6)7/h3-4,7,16H,5-6,8-11H2,1-2H3;(H,6,7). The summed E-state index contributed by atoms with van der Waals surface area (Å²) in [6.45, 7) is 2.93. The topological polar surface area (TPSA) is 97.0 Å². The van der Waals surface area contributed by atoms with E-state index < -0.39 is 17.7 Å². The number of alkyl halides is 3. The predicted molar refractivity (Wildman–Crippen MR) is 92.6 cm³/mol. The van der Waals surface area contributed by atoms with Gasteiger partial charge in [-0.3, -0.25) is 14.5 Å². The normalized spacial score (nSPS) is 20.0. The van der Waals surface area contributed by atoms with Crippen LogP contribution in [0.3, 0.4) is 0 Å². The number of piperidine rings is 1. The summed E-state index contributed by atoms with van der Waals surface area (Å²) in [5, 5.41) is 7.12. The number of nitrogens with zero attached hydrogens (tertiary/aromatic N) is 3. The van der Waals surface area contributed by atoms with Gasteiger partial charge in [-0.05, 0) is 32.0 Å². The highest BCUT2D eigenvalue weighted by molar-refractivity contribution is 5.93. The van der Waals surface area contributed by atoms with Crippen LogP contribution in [-0.2, 0) is 9.59 Å². The molecule has 3 rings (SSSR count). The van der Waals surface area contributed by atoms with Gasteiger partial charge in [0, 0.05) is 39.4 Å². The van der Waals surface area contributed by atoms with Gasteiger partial charge in [-0.1, -0.05) is 0 Å². The first-order chi connectivity index (χ1) is 13.0. The number of amides is 2. The van der Waals surface area contributed by atoms with E-state index in [1.54, 1.807) is 12.3 Å². The van der Waals surface area contributed by atoms with E-state index in [2.05, 4.69) is 9.88 Å². The number of rotatable bonds is 1. The van der Waals surface area contributed by atoms with Crippen molar-refractivity contribution in [3.63, 3.8) is 0 Å². The molecule has 2 amide bonds. The Morgan fingerprint density at radius 3 is 2.18 bits per heavy atom. The first-order valence-electron chi connectivity index (χ1n) is 8.68. The maximum atomic E-state index is 12.6. The molecule has 2 N–H and O–H groups in total. The third-order valence-corrected chi connectivity index (χ3v) is 5.19. The lowest BCUT2D eigenvalue weighted by molar-refractivity contribution is -0.192. The van der Waals surface area contributed by atoms with E-state index in [1.165, 1.54) is 0 Å². The first-order valence-corrected chi connectivity index (χ1v) is 8.68. The Labute approximate surface area is 159 Å². The second-order valence-corrected chi connectivity index (χ2v) is 6.86. The average molecular weight is 404 g/mol. The van der Waals surface area contributed by atoms with Crippen LogP contribution in [0, 0.1) is 0 Å². The quantitative estimate of drug-likeness (QED) is 0.729. The number of hydrogen-bond acceptors (Lipinski definition) is 4. The van der Waals surface area contributed by atoms with Gasteiger partial charge in [-0.15, -0.1) is 0 Å². The largest absolute Gasteiger partial charge is 0.490 e. The molecule has 2 saturated heterocycles. The average Bonchev–Trinajstić information content (AvgIpc) is 3.18. The minimum Gasteiger partial charge on any atom is -0.475 e. The molecule has 1 aromatic heterocycles. The van der Waals surface area contributed by atoms with Gasteiger partial charge in [-0.25, -0.2) is 4.79 Å². The molecule has 0 aromatic carbocycles. The van der Waals surface area contributed by atoms with Gasteiger partial charge in [0.25, 0.3) is 5.91 Å². The van der Waals surface area contributed by atoms with E-state index >= 15 is 0 Å². The fourth-order valence-electron chi connectivity index (χ4n) is 3.44. The molecule has 1 aromatic rings. The number of carboxylic acids is 1. The van der Waals surface area contributed by atoms with Gasteiger partial charge in [0.05, 0.1) is 0 Å². The number of carboxylic acid groups (broad SMARTS) is 1. The summed E-state index contributed by atoms with van der Waals surface area (Å²) in [7, 11) is 3.89. The number of aliphatic carboxylic acids is 1. The number of likely N-dealkylation sites (N-methyl/N-ethyl adjacent to an activating group) is 2. The molecule has 2 aliphatic heterocycles. The van der Waals surface area contributed by atoms with Crippen molar-refractivity contribution in [3.8, 4) is 0 Å². The SMILES string of the molecule is CN1CCN(C)C2(CCN(C(=O)c3ccc[nH]3)CC2)C1=O.O=C(O)C(F)(F)F. The number of aromatic nitrogens is 1. The van der Waals surface area contributed by atoms with E-state index in [0.29, 0.717) is 31.6 Å². The molecule has 2 aliphatic rings. The molecule has 0 radical (unpaired) electrons. The molecule has 2 fully saturated rings. The Hall–Kier alpha value is -2.56. The highest BCUT2D eigenvalue weighted by Crippen LogP contribution is 2.32. The van der Waals surface area contributed by atoms with E-state index in [1.807, 2.05) is 30.0 Å². The summed E-state index contributed by atoms with van der Waals surface area (Å²) in [5.41, 5.74) is 0.200. The number of likely N-dealkylation sites (tertiary alicyclic amines) is 1. The Morgan fingerprint density at radius 1 is 1.14 bits per heavy atom. The Kier molecular flexibility index (Phi) is 6.37. The van der Waals surface area contributed by atoms with Crippen molar-refractivity contribution in [3.05, 3.63) is 24.0 Å². The van der Waals surface area contributed by atoms with Gasteiger partial charge < -0.3 is 19.9 Å². The van der Waals surface area contributed by atoms with Gasteiger partial charge in [0.2, 0.25) is 5.91 Å². The van der Waals surface area contributed by atoms with E-state index in [9.17, 15) is 22.8 Å². The van der Waals surface area contributed by atoms with Crippen molar-refractivity contribution < 1.29 is 32.7 Å². The Bertz CT molecular complexity index is 712. The maximum Gasteiger partial charge on any atom is 0.490 e. The van der Waals surface area contributed by atoms with Crippen molar-refractivity contribution in [2.24, 2.45) is 0 Å². The van der Waals surface area contributed by atoms with E-state index in [-0.39, 0.29) is 11.8 Å². The zero-order valence-electron chi connectivity index (χ0n) is 15.6. The van der Waals surface area contributed by atoms with Crippen LogP contribution in [0.1, 0.15) is 23.3 Å². The molecule has 1 spiro atoms. The molecule has 0 aliphatic carbocycles. The molecule has 0 bridgehead atoms. The highest BCUT2D eigenvalue weighted by Gasteiger charge is 2.48. The number of carbonyl (C=O) groups excluding carboxylic acids is 2. The second kappa shape index (κ2) is 8.21. The van der Waals surface area contributed by atoms with Crippen molar-refractivity contribution in [2.75, 3.05) is 40.3 Å². The monoisotopic (exact) mass is 404 g/mol. The zero-order valence-corrected chi connectivity index (χ0v) is 15.6. The molecule has 156 valence electrons. The van der Waals surface area contributed by atoms with Crippen LogP contribution in [0.5, 0.6) is 0 Å². The number of hydrogen-bond donors (Lipinski definition) is 2. The van der Waals surface area contributed by atoms with Crippen molar-refractivity contribution >= 4 is 17.8 Å². The summed E-state index contributed by atoms with van der Waals surface area (Å²) in [4.78, 5) is 42.6. The van der Waals surface area contributed by atoms with Crippen LogP contribution < -0.4 is 0 Å². The molecule has 0 unspecified atom stereocenters. The summed E-state index contributed by atoms with van der Waals surface area (Å²) < 4.78 is 31.7. The fraction of sp³-hybridized carbons (Fsp3) is 0.588. The van der Waals surface area contributed by atoms with Crippen LogP contribution in [0.2, 0.25) is 0 Å². The molecule has 0 saturated carbocycles. The number of halogens is 3. The van der Waals surface area contributed by atoms with Crippen LogP contribution in [0.25, 0.3) is 0 Å². The number of nitrogens with one attached hydrogen (secondary N) is 1. The lowest BCUT2D eigenvalue weighted by atomic mass is 9.83. The number of aromatic amines is 1. The van der Waals surface area contributed by atoms with Crippen LogP contribution >= 0.6 is 0 Å². The first kappa shape index (κ1) is 21.7. The molecule has 0 atom stereocenters. The maximum absolute atomic E-state index is 12.6. The van der Waals surface area contributed by atoms with Gasteiger partial charge in [0.15, 0.2) is 0 Å². The van der Waals surface area contributed by atoms with Crippen LogP contribution in [-0.4, -0.2) is 94.6 Å². The Balaban J connectivity index is 0.000000345. The van der Waals surface area contributed by atoms with E-state index in [0.717, 1.165) is 13.1 Å². The number of carbonyl (C=O) groups is 3. The Morgan fingerprint density at radius 2 is 1.71 bits per heavy atom. The molecule has 11 heteroatoms. The molecule has 3 heterocycles. The van der Waals surface area contributed by atoms with Gasteiger partial charge in [0.1, 0.15) is 11.2 Å². The second-order valence-electron chi connectivity index (χ2n) is 6.86. The van der Waals surface area contributed by atoms with Crippen molar-refractivity contribution in [1.29, 1.82) is 0 Å². The van der Waals surface area contributed by atoms with Crippen LogP contribution in [0.15, 0.2) is 18.3 Å². The summed E-state index contributed by atoms with van der Waals surface area (Å²) in [6, 6.07) is 3.62. The van der Waals surface area contributed by atoms with Gasteiger partial charge >= 0.3 is 12.1 Å². The lowest BCUT2D eigenvalue weighted by Crippen LogP contribution is -2.67. The van der Waals surface area contributed by atoms with Crippen LogP contribution in [0.4, 0.5) is 13.2 Å². The highest BCUT2D eigenvalue weighted by atomic mass is 19.4. The third-order valence-electron chi connectivity index (χ3n) is 5.19. The lowest BCUT2D eigenvalue weighted by Gasteiger charge is -2.50. The number of H-pyrrole nitrogens is 1. The van der Waals surface area contributed by atoms with Crippen molar-refractivity contribution in [2.45, 2.75) is 24.6 Å². The summed E-state index contributed by atoms with van der Waals surface area (Å²) >= 11 is 0. The smallest absolute Gasteiger partial charge is 0.475 e. The predicted octanol–water partition coefficient (Wildman–Crippen LogP) is 1.03. The molecule has 8 nitrogen and oxygen atoms in total. The summed E-state index contributed by atoms with van der Waals surface area (Å²) in [5.74, 6) is -2.54. The minimum atomic E-state index is -5.08. The number of piperazine rings is 1. The fourth-order valence-corrected chi connectivity index (χ4v) is 3.44. The molecule has 28 heavy (non-hydrogen) atoms. The molecular weight excluding hydrogens is 381 g/mol.